The molecule has 1 aromatic rings. The molecule has 0 radical (unpaired) electrons. The summed E-state index contributed by atoms with van der Waals surface area (Å²) >= 11 is 3.61. The number of anilines is 1. The number of halogens is 1. The van der Waals surface area contributed by atoms with Crippen LogP contribution in [0.4, 0.5) is 5.82 Å². The summed E-state index contributed by atoms with van der Waals surface area (Å²) in [5.41, 5.74) is 1.12. The van der Waals surface area contributed by atoms with Crippen molar-refractivity contribution in [2.75, 3.05) is 11.9 Å². The van der Waals surface area contributed by atoms with E-state index in [1.807, 2.05) is 0 Å². The van der Waals surface area contributed by atoms with Gasteiger partial charge in [0.05, 0.1) is 10.2 Å². The fraction of sp³-hybridized carbons (Fsp3) is 0.692. The smallest absolute Gasteiger partial charge is 0.144 e. The van der Waals surface area contributed by atoms with Crippen molar-refractivity contribution in [1.29, 1.82) is 0 Å². The van der Waals surface area contributed by atoms with E-state index in [9.17, 15) is 0 Å². The van der Waals surface area contributed by atoms with Gasteiger partial charge in [-0.2, -0.15) is 0 Å². The van der Waals surface area contributed by atoms with Gasteiger partial charge in [-0.3, -0.25) is 0 Å². The molecule has 0 atom stereocenters. The van der Waals surface area contributed by atoms with Gasteiger partial charge < -0.3 is 5.32 Å². The van der Waals surface area contributed by atoms with Gasteiger partial charge in [-0.1, -0.05) is 20.8 Å². The summed E-state index contributed by atoms with van der Waals surface area (Å²) in [4.78, 5) is 9.20. The summed E-state index contributed by atoms with van der Waals surface area (Å²) in [6.07, 6.45) is 3.00. The van der Waals surface area contributed by atoms with E-state index >= 15 is 0 Å². The summed E-state index contributed by atoms with van der Waals surface area (Å²) in [5.74, 6) is 2.48. The van der Waals surface area contributed by atoms with Crippen LogP contribution in [0.1, 0.15) is 45.6 Å². The summed E-state index contributed by atoms with van der Waals surface area (Å²) in [6.45, 7) is 9.53. The lowest BCUT2D eigenvalue weighted by Crippen LogP contribution is -2.09. The molecular weight excluding hydrogens is 278 g/mol. The molecule has 0 spiro atoms. The van der Waals surface area contributed by atoms with Gasteiger partial charge in [0.2, 0.25) is 0 Å². The largest absolute Gasteiger partial charge is 0.369 e. The van der Waals surface area contributed by atoms with E-state index in [2.05, 4.69) is 58.9 Å². The Morgan fingerprint density at radius 3 is 2.47 bits per heavy atom. The highest BCUT2D eigenvalue weighted by atomic mass is 79.9. The minimum Gasteiger partial charge on any atom is -0.369 e. The number of aryl methyl sites for hydroxylation is 1. The van der Waals surface area contributed by atoms with E-state index in [0.29, 0.717) is 5.92 Å². The second kappa shape index (κ2) is 6.94. The van der Waals surface area contributed by atoms with Crippen molar-refractivity contribution in [2.24, 2.45) is 5.92 Å². The Morgan fingerprint density at radius 2 is 1.94 bits per heavy atom. The lowest BCUT2D eigenvalue weighted by molar-refractivity contribution is 0.627. The van der Waals surface area contributed by atoms with Crippen molar-refractivity contribution in [3.63, 3.8) is 0 Å². The van der Waals surface area contributed by atoms with Crippen LogP contribution in [0.25, 0.3) is 0 Å². The SMILES string of the molecule is CCCc1nc(CC(C)C)c(Br)c(NCC)n1. The van der Waals surface area contributed by atoms with Gasteiger partial charge in [0.15, 0.2) is 0 Å². The van der Waals surface area contributed by atoms with Gasteiger partial charge >= 0.3 is 0 Å². The molecule has 1 heterocycles. The topological polar surface area (TPSA) is 37.8 Å². The van der Waals surface area contributed by atoms with Crippen LogP contribution in [0.15, 0.2) is 4.47 Å². The number of nitrogens with one attached hydrogen (secondary N) is 1. The van der Waals surface area contributed by atoms with Gasteiger partial charge in [0, 0.05) is 13.0 Å². The number of hydrogen-bond acceptors (Lipinski definition) is 3. The second-order valence-corrected chi connectivity index (χ2v) is 5.42. The molecule has 3 nitrogen and oxygen atoms in total. The highest BCUT2D eigenvalue weighted by molar-refractivity contribution is 9.10. The van der Waals surface area contributed by atoms with Crippen LogP contribution in [0.3, 0.4) is 0 Å². The molecule has 96 valence electrons. The molecule has 0 aliphatic heterocycles. The van der Waals surface area contributed by atoms with Gasteiger partial charge in [-0.15, -0.1) is 0 Å². The van der Waals surface area contributed by atoms with Gasteiger partial charge in [-0.05, 0) is 41.6 Å². The second-order valence-electron chi connectivity index (χ2n) is 4.63. The van der Waals surface area contributed by atoms with Crippen molar-refractivity contribution < 1.29 is 0 Å². The zero-order chi connectivity index (χ0) is 12.8. The zero-order valence-corrected chi connectivity index (χ0v) is 12.8. The van der Waals surface area contributed by atoms with E-state index in [1.54, 1.807) is 0 Å². The van der Waals surface area contributed by atoms with Crippen molar-refractivity contribution in [3.05, 3.63) is 16.0 Å². The first kappa shape index (κ1) is 14.4. The van der Waals surface area contributed by atoms with Crippen molar-refractivity contribution in [1.82, 2.24) is 9.97 Å². The normalized spacial score (nSPS) is 10.9. The summed E-state index contributed by atoms with van der Waals surface area (Å²) in [5, 5.41) is 3.29. The predicted molar refractivity (Wildman–Crippen MR) is 76.4 cm³/mol. The third kappa shape index (κ3) is 4.26. The third-order valence-corrected chi connectivity index (χ3v) is 3.22. The molecule has 0 saturated carbocycles. The fourth-order valence-electron chi connectivity index (χ4n) is 1.69. The Labute approximate surface area is 113 Å². The minimum absolute atomic E-state index is 0.602. The average Bonchev–Trinajstić information content (AvgIpc) is 2.24. The van der Waals surface area contributed by atoms with E-state index in [1.165, 1.54) is 0 Å². The standard InChI is InChI=1S/C13H22BrN3/c1-5-7-11-16-10(8-9(3)4)12(14)13(17-11)15-6-2/h9H,5-8H2,1-4H3,(H,15,16,17). The Kier molecular flexibility index (Phi) is 5.89. The maximum Gasteiger partial charge on any atom is 0.144 e. The van der Waals surface area contributed by atoms with Crippen LogP contribution in [0.5, 0.6) is 0 Å². The first-order chi connectivity index (χ1) is 8.08. The minimum atomic E-state index is 0.602. The molecule has 0 fully saturated rings. The molecule has 4 heteroatoms. The monoisotopic (exact) mass is 299 g/mol. The highest BCUT2D eigenvalue weighted by Crippen LogP contribution is 2.25. The molecule has 0 aliphatic carbocycles. The summed E-state index contributed by atoms with van der Waals surface area (Å²) < 4.78 is 1.02. The predicted octanol–water partition coefficient (Wildman–Crippen LogP) is 3.82. The molecule has 0 aromatic carbocycles. The van der Waals surface area contributed by atoms with Crippen LogP contribution >= 0.6 is 15.9 Å². The van der Waals surface area contributed by atoms with Gasteiger partial charge in [0.1, 0.15) is 11.6 Å². The van der Waals surface area contributed by atoms with Crippen molar-refractivity contribution >= 4 is 21.7 Å². The lowest BCUT2D eigenvalue weighted by atomic mass is 10.1. The van der Waals surface area contributed by atoms with E-state index in [0.717, 1.165) is 47.6 Å². The van der Waals surface area contributed by atoms with Crippen molar-refractivity contribution in [2.45, 2.75) is 47.0 Å². The maximum atomic E-state index is 4.65. The Balaban J connectivity index is 3.07. The first-order valence-electron chi connectivity index (χ1n) is 6.37. The number of aromatic nitrogens is 2. The summed E-state index contributed by atoms with van der Waals surface area (Å²) in [7, 11) is 0. The van der Waals surface area contributed by atoms with E-state index in [4.69, 9.17) is 0 Å². The van der Waals surface area contributed by atoms with Crippen LogP contribution in [-0.2, 0) is 12.8 Å². The zero-order valence-electron chi connectivity index (χ0n) is 11.2. The molecule has 0 bridgehead atoms. The molecule has 0 amide bonds. The molecule has 1 aromatic heterocycles. The van der Waals surface area contributed by atoms with Crippen molar-refractivity contribution in [3.8, 4) is 0 Å². The Morgan fingerprint density at radius 1 is 1.24 bits per heavy atom. The average molecular weight is 300 g/mol. The van der Waals surface area contributed by atoms with Gasteiger partial charge in [-0.25, -0.2) is 9.97 Å². The van der Waals surface area contributed by atoms with Crippen LogP contribution in [0, 0.1) is 5.92 Å². The molecule has 17 heavy (non-hydrogen) atoms. The third-order valence-electron chi connectivity index (χ3n) is 2.39. The Bertz CT molecular complexity index is 364. The quantitative estimate of drug-likeness (QED) is 0.868. The molecule has 1 rings (SSSR count). The van der Waals surface area contributed by atoms with Gasteiger partial charge in [0.25, 0.3) is 0 Å². The van der Waals surface area contributed by atoms with E-state index < -0.39 is 0 Å². The highest BCUT2D eigenvalue weighted by Gasteiger charge is 2.12. The number of nitrogens with zero attached hydrogens (tertiary/aromatic N) is 2. The van der Waals surface area contributed by atoms with Crippen LogP contribution < -0.4 is 5.32 Å². The lowest BCUT2D eigenvalue weighted by Gasteiger charge is -2.13. The molecule has 1 N–H and O–H groups in total. The molecular formula is C13H22BrN3. The Hall–Kier alpha value is -0.640. The molecule has 0 aliphatic rings. The number of rotatable bonds is 6. The molecule has 0 unspecified atom stereocenters. The first-order valence-corrected chi connectivity index (χ1v) is 7.16. The van der Waals surface area contributed by atoms with Crippen LogP contribution in [-0.4, -0.2) is 16.5 Å². The fourth-order valence-corrected chi connectivity index (χ4v) is 2.17. The summed E-state index contributed by atoms with van der Waals surface area (Å²) in [6, 6.07) is 0. The van der Waals surface area contributed by atoms with Crippen LogP contribution in [0.2, 0.25) is 0 Å². The maximum absolute atomic E-state index is 4.65. The molecule has 0 saturated heterocycles. The number of hydrogen-bond donors (Lipinski definition) is 1. The van der Waals surface area contributed by atoms with E-state index in [-0.39, 0.29) is 0 Å².